The second kappa shape index (κ2) is 10.7. The van der Waals surface area contributed by atoms with Crippen LogP contribution in [0.2, 0.25) is 5.02 Å². The summed E-state index contributed by atoms with van der Waals surface area (Å²) in [7, 11) is 2.99. The van der Waals surface area contributed by atoms with Gasteiger partial charge in [-0.3, -0.25) is 9.59 Å². The number of hydrogen-bond donors (Lipinski definition) is 2. The fraction of sp³-hybridized carbons (Fsp3) is 0.308. The van der Waals surface area contributed by atoms with Crippen LogP contribution in [0.5, 0.6) is 17.2 Å². The van der Waals surface area contributed by atoms with Gasteiger partial charge in [0.05, 0.1) is 30.5 Å². The lowest BCUT2D eigenvalue weighted by molar-refractivity contribution is -0.123. The maximum absolute atomic E-state index is 13.3. The van der Waals surface area contributed by atoms with Crippen LogP contribution >= 0.6 is 11.6 Å². The summed E-state index contributed by atoms with van der Waals surface area (Å²) in [4.78, 5) is 25.7. The number of ether oxygens (including phenoxy) is 3. The smallest absolute Gasteiger partial charge is 0.259 e. The SMILES string of the molecule is COc1cc(OC)c(NC(=O)c2cc3ccccc3cc2OCC(=O)NC2CCCC2)cc1Cl. The lowest BCUT2D eigenvalue weighted by Gasteiger charge is -2.16. The molecule has 3 aromatic rings. The van der Waals surface area contributed by atoms with Crippen LogP contribution in [-0.4, -0.2) is 38.7 Å². The molecule has 4 rings (SSSR count). The molecule has 1 saturated carbocycles. The van der Waals surface area contributed by atoms with Crippen molar-refractivity contribution in [1.82, 2.24) is 5.32 Å². The molecule has 0 heterocycles. The summed E-state index contributed by atoms with van der Waals surface area (Å²) in [5, 5.41) is 7.94. The van der Waals surface area contributed by atoms with Crippen molar-refractivity contribution in [2.45, 2.75) is 31.7 Å². The predicted octanol–water partition coefficient (Wildman–Crippen LogP) is 5.20. The zero-order valence-corrected chi connectivity index (χ0v) is 19.9. The average Bonchev–Trinajstić information content (AvgIpc) is 3.35. The molecule has 1 aliphatic carbocycles. The van der Waals surface area contributed by atoms with Crippen LogP contribution in [0.4, 0.5) is 5.69 Å². The van der Waals surface area contributed by atoms with Gasteiger partial charge >= 0.3 is 0 Å². The van der Waals surface area contributed by atoms with Crippen LogP contribution in [0.15, 0.2) is 48.5 Å². The molecule has 0 spiro atoms. The van der Waals surface area contributed by atoms with E-state index in [0.717, 1.165) is 36.5 Å². The molecule has 0 atom stereocenters. The molecule has 0 aliphatic heterocycles. The highest BCUT2D eigenvalue weighted by molar-refractivity contribution is 6.32. The van der Waals surface area contributed by atoms with E-state index in [4.69, 9.17) is 25.8 Å². The third-order valence-corrected chi connectivity index (χ3v) is 6.19. The van der Waals surface area contributed by atoms with Gasteiger partial charge in [0.25, 0.3) is 11.8 Å². The Bertz CT molecular complexity index is 1210. The molecule has 178 valence electrons. The number of carbonyl (C=O) groups is 2. The van der Waals surface area contributed by atoms with Crippen LogP contribution in [-0.2, 0) is 4.79 Å². The van der Waals surface area contributed by atoms with Gasteiger partial charge in [-0.05, 0) is 41.8 Å². The third-order valence-electron chi connectivity index (χ3n) is 5.89. The number of methoxy groups -OCH3 is 2. The Kier molecular flexibility index (Phi) is 7.43. The van der Waals surface area contributed by atoms with Crippen molar-refractivity contribution in [3.63, 3.8) is 0 Å². The fourth-order valence-electron chi connectivity index (χ4n) is 4.15. The summed E-state index contributed by atoms with van der Waals surface area (Å²) in [6.45, 7) is -0.174. The molecule has 34 heavy (non-hydrogen) atoms. The van der Waals surface area contributed by atoms with E-state index in [1.807, 2.05) is 24.3 Å². The molecule has 0 aromatic heterocycles. The number of hydrogen-bond acceptors (Lipinski definition) is 5. The molecule has 1 fully saturated rings. The van der Waals surface area contributed by atoms with Gasteiger partial charge in [0.15, 0.2) is 6.61 Å². The van der Waals surface area contributed by atoms with Gasteiger partial charge in [-0.1, -0.05) is 48.7 Å². The second-order valence-electron chi connectivity index (χ2n) is 8.17. The Morgan fingerprint density at radius 2 is 1.62 bits per heavy atom. The lowest BCUT2D eigenvalue weighted by atomic mass is 10.0. The highest BCUT2D eigenvalue weighted by atomic mass is 35.5. The minimum absolute atomic E-state index is 0.174. The summed E-state index contributed by atoms with van der Waals surface area (Å²) < 4.78 is 16.4. The van der Waals surface area contributed by atoms with E-state index in [1.165, 1.54) is 14.2 Å². The van der Waals surface area contributed by atoms with Crippen LogP contribution in [0.1, 0.15) is 36.0 Å². The van der Waals surface area contributed by atoms with Gasteiger partial charge in [-0.25, -0.2) is 0 Å². The lowest BCUT2D eigenvalue weighted by Crippen LogP contribution is -2.36. The Labute approximate surface area is 203 Å². The largest absolute Gasteiger partial charge is 0.495 e. The minimum atomic E-state index is -0.420. The van der Waals surface area contributed by atoms with Crippen LogP contribution in [0, 0.1) is 0 Å². The van der Waals surface area contributed by atoms with Crippen molar-refractivity contribution in [3.8, 4) is 17.2 Å². The van der Waals surface area contributed by atoms with E-state index in [9.17, 15) is 9.59 Å². The van der Waals surface area contributed by atoms with Gasteiger partial charge in [-0.2, -0.15) is 0 Å². The van der Waals surface area contributed by atoms with Crippen molar-refractivity contribution in [3.05, 3.63) is 59.1 Å². The summed E-state index contributed by atoms with van der Waals surface area (Å²) >= 11 is 6.25. The maximum Gasteiger partial charge on any atom is 0.259 e. The maximum atomic E-state index is 13.3. The summed E-state index contributed by atoms with van der Waals surface area (Å²) in [5.74, 6) is 0.524. The van der Waals surface area contributed by atoms with Crippen molar-refractivity contribution in [2.24, 2.45) is 0 Å². The van der Waals surface area contributed by atoms with Crippen molar-refractivity contribution >= 4 is 39.9 Å². The van der Waals surface area contributed by atoms with Crippen molar-refractivity contribution < 1.29 is 23.8 Å². The number of nitrogens with one attached hydrogen (secondary N) is 2. The molecule has 2 N–H and O–H groups in total. The number of carbonyl (C=O) groups excluding carboxylic acids is 2. The number of halogens is 1. The van der Waals surface area contributed by atoms with E-state index in [1.54, 1.807) is 24.3 Å². The first-order valence-corrected chi connectivity index (χ1v) is 11.5. The Balaban J connectivity index is 1.59. The normalized spacial score (nSPS) is 13.5. The van der Waals surface area contributed by atoms with Gasteiger partial charge in [0, 0.05) is 12.1 Å². The number of fused-ring (bicyclic) bond motifs is 1. The zero-order valence-electron chi connectivity index (χ0n) is 19.2. The zero-order chi connectivity index (χ0) is 24.1. The molecule has 0 saturated heterocycles. The molecular formula is C26H27ClN2O5. The molecule has 0 unspecified atom stereocenters. The molecule has 0 bridgehead atoms. The number of anilines is 1. The number of benzene rings is 3. The van der Waals surface area contributed by atoms with E-state index >= 15 is 0 Å². The minimum Gasteiger partial charge on any atom is -0.495 e. The molecule has 7 nitrogen and oxygen atoms in total. The molecule has 1 aliphatic rings. The molecule has 3 aromatic carbocycles. The quantitative estimate of drug-likeness (QED) is 0.461. The molecule has 8 heteroatoms. The third kappa shape index (κ3) is 5.37. The standard InChI is InChI=1S/C26H27ClN2O5/c1-32-23-14-24(33-2)21(13-20(23)27)29-26(31)19-11-16-7-3-4-8-17(16)12-22(19)34-15-25(30)28-18-9-5-6-10-18/h3-4,7-8,11-14,18H,5-6,9-10,15H2,1-2H3,(H,28,30)(H,29,31). The second-order valence-corrected chi connectivity index (χ2v) is 8.58. The first-order valence-electron chi connectivity index (χ1n) is 11.2. The highest BCUT2D eigenvalue weighted by Gasteiger charge is 2.20. The molecule has 0 radical (unpaired) electrons. The van der Waals surface area contributed by atoms with Gasteiger partial charge < -0.3 is 24.8 Å². The fourth-order valence-corrected chi connectivity index (χ4v) is 4.39. The van der Waals surface area contributed by atoms with E-state index < -0.39 is 5.91 Å². The molecule has 2 amide bonds. The van der Waals surface area contributed by atoms with E-state index in [0.29, 0.717) is 33.5 Å². The first kappa shape index (κ1) is 23.7. The Morgan fingerprint density at radius 3 is 2.29 bits per heavy atom. The Hall–Kier alpha value is -3.45. The topological polar surface area (TPSA) is 85.9 Å². The van der Waals surface area contributed by atoms with Gasteiger partial charge in [0.2, 0.25) is 0 Å². The molecular weight excluding hydrogens is 456 g/mol. The van der Waals surface area contributed by atoms with Gasteiger partial charge in [0.1, 0.15) is 17.2 Å². The van der Waals surface area contributed by atoms with Crippen LogP contribution in [0.25, 0.3) is 10.8 Å². The van der Waals surface area contributed by atoms with E-state index in [2.05, 4.69) is 10.6 Å². The summed E-state index contributed by atoms with van der Waals surface area (Å²) in [5.41, 5.74) is 0.678. The van der Waals surface area contributed by atoms with Gasteiger partial charge in [-0.15, -0.1) is 0 Å². The monoisotopic (exact) mass is 482 g/mol. The van der Waals surface area contributed by atoms with Crippen molar-refractivity contribution in [2.75, 3.05) is 26.1 Å². The average molecular weight is 483 g/mol. The van der Waals surface area contributed by atoms with Crippen LogP contribution in [0.3, 0.4) is 0 Å². The number of rotatable bonds is 8. The first-order chi connectivity index (χ1) is 16.5. The highest BCUT2D eigenvalue weighted by Crippen LogP contribution is 2.36. The predicted molar refractivity (Wildman–Crippen MR) is 132 cm³/mol. The summed E-state index contributed by atoms with van der Waals surface area (Å²) in [6, 6.07) is 14.5. The van der Waals surface area contributed by atoms with E-state index in [-0.39, 0.29) is 18.6 Å². The van der Waals surface area contributed by atoms with Crippen LogP contribution < -0.4 is 24.8 Å². The van der Waals surface area contributed by atoms with Crippen molar-refractivity contribution in [1.29, 1.82) is 0 Å². The number of amides is 2. The Morgan fingerprint density at radius 1 is 0.941 bits per heavy atom. The summed E-state index contributed by atoms with van der Waals surface area (Å²) in [6.07, 6.45) is 4.22.